The molecule has 21 heavy (non-hydrogen) atoms. The molecule has 0 N–H and O–H groups in total. The molecule has 114 valence electrons. The topological polar surface area (TPSA) is 87.7 Å². The smallest absolute Gasteiger partial charge is 0.378 e. The summed E-state index contributed by atoms with van der Waals surface area (Å²) in [5.74, 6) is -0.434. The number of ether oxygens (including phenoxy) is 1. The molecule has 0 saturated heterocycles. The Morgan fingerprint density at radius 3 is 2.76 bits per heavy atom. The first-order valence-corrected chi connectivity index (χ1v) is 7.16. The van der Waals surface area contributed by atoms with Crippen LogP contribution in [-0.2, 0) is 11.3 Å². The molecule has 0 aliphatic carbocycles. The molecule has 0 unspecified atom stereocenters. The van der Waals surface area contributed by atoms with Crippen LogP contribution >= 0.6 is 0 Å². The number of hydrogen-bond donors (Lipinski definition) is 0. The second-order valence-electron chi connectivity index (χ2n) is 4.64. The molecule has 0 amide bonds. The Labute approximate surface area is 123 Å². The summed E-state index contributed by atoms with van der Waals surface area (Å²) in [5.41, 5.74) is 0.805. The van der Waals surface area contributed by atoms with E-state index in [0.29, 0.717) is 12.6 Å². The molecule has 2 aromatic heterocycles. The number of aromatic nitrogens is 6. The first-order valence-electron chi connectivity index (χ1n) is 7.16. The molecule has 0 bridgehead atoms. The fourth-order valence-electron chi connectivity index (χ4n) is 2.13. The van der Waals surface area contributed by atoms with Crippen LogP contribution in [0.1, 0.15) is 56.0 Å². The van der Waals surface area contributed by atoms with Crippen LogP contribution in [0.25, 0.3) is 0 Å². The molecule has 0 fully saturated rings. The zero-order valence-corrected chi connectivity index (χ0v) is 12.6. The van der Waals surface area contributed by atoms with E-state index in [1.54, 1.807) is 6.92 Å². The summed E-state index contributed by atoms with van der Waals surface area (Å²) in [4.78, 5) is 11.7. The number of hydrogen-bond acceptors (Lipinski definition) is 6. The third-order valence-electron chi connectivity index (χ3n) is 3.28. The highest BCUT2D eigenvalue weighted by molar-refractivity contribution is 5.85. The van der Waals surface area contributed by atoms with Gasteiger partial charge in [0, 0.05) is 6.20 Å². The lowest BCUT2D eigenvalue weighted by atomic mass is 10.2. The van der Waals surface area contributed by atoms with Gasteiger partial charge < -0.3 is 4.74 Å². The lowest BCUT2D eigenvalue weighted by molar-refractivity contribution is 0.0505. The van der Waals surface area contributed by atoms with E-state index < -0.39 is 5.97 Å². The van der Waals surface area contributed by atoms with E-state index in [2.05, 4.69) is 34.5 Å². The Morgan fingerprint density at radius 1 is 1.33 bits per heavy atom. The van der Waals surface area contributed by atoms with Crippen LogP contribution in [0.2, 0.25) is 0 Å². The van der Waals surface area contributed by atoms with Gasteiger partial charge in [0.25, 0.3) is 5.82 Å². The minimum absolute atomic E-state index is 0.0916. The predicted octanol–water partition coefficient (Wildman–Crippen LogP) is 1.46. The number of tetrazole rings is 1. The average molecular weight is 292 g/mol. The number of esters is 1. The Bertz CT molecular complexity index is 587. The van der Waals surface area contributed by atoms with Crippen molar-refractivity contribution < 1.29 is 9.53 Å². The van der Waals surface area contributed by atoms with Crippen molar-refractivity contribution in [1.82, 2.24) is 30.0 Å². The molecule has 8 nitrogen and oxygen atoms in total. The highest BCUT2D eigenvalue weighted by atomic mass is 16.5. The van der Waals surface area contributed by atoms with Crippen LogP contribution in [0.15, 0.2) is 12.3 Å². The van der Waals surface area contributed by atoms with Crippen LogP contribution in [0.3, 0.4) is 0 Å². The van der Waals surface area contributed by atoms with Gasteiger partial charge in [0.05, 0.1) is 24.9 Å². The van der Waals surface area contributed by atoms with Gasteiger partial charge in [-0.3, -0.25) is 4.68 Å². The highest BCUT2D eigenvalue weighted by Crippen LogP contribution is 2.14. The monoisotopic (exact) mass is 292 g/mol. The minimum atomic E-state index is -0.526. The normalized spacial score (nSPS) is 11.0. The maximum Gasteiger partial charge on any atom is 0.378 e. The summed E-state index contributed by atoms with van der Waals surface area (Å²) in [6.45, 7) is 6.64. The summed E-state index contributed by atoms with van der Waals surface area (Å²) < 4.78 is 8.26. The third kappa shape index (κ3) is 3.45. The van der Waals surface area contributed by atoms with Gasteiger partial charge in [0.15, 0.2) is 0 Å². The van der Waals surface area contributed by atoms with Gasteiger partial charge in [0.2, 0.25) is 0 Å². The van der Waals surface area contributed by atoms with Gasteiger partial charge in [-0.25, -0.2) is 9.48 Å². The van der Waals surface area contributed by atoms with E-state index in [1.807, 2.05) is 16.9 Å². The quantitative estimate of drug-likeness (QED) is 0.718. The van der Waals surface area contributed by atoms with Gasteiger partial charge in [-0.05, 0) is 36.3 Å². The van der Waals surface area contributed by atoms with Crippen molar-refractivity contribution in [3.63, 3.8) is 0 Å². The van der Waals surface area contributed by atoms with Crippen molar-refractivity contribution in [3.8, 4) is 0 Å². The standard InChI is InChI=1S/C13H20N6O2/c1-4-11(5-2)18-8-7-10(15-18)9-19-12(14-16-17-19)13(20)21-6-3/h7-8,11H,4-6,9H2,1-3H3. The highest BCUT2D eigenvalue weighted by Gasteiger charge is 2.17. The molecule has 0 aliphatic rings. The van der Waals surface area contributed by atoms with Crippen LogP contribution in [-0.4, -0.2) is 42.6 Å². The fraction of sp³-hybridized carbons (Fsp3) is 0.615. The zero-order valence-electron chi connectivity index (χ0n) is 12.6. The molecule has 8 heteroatoms. The molecule has 0 radical (unpaired) electrons. The zero-order chi connectivity index (χ0) is 15.2. The van der Waals surface area contributed by atoms with E-state index in [0.717, 1.165) is 18.5 Å². The van der Waals surface area contributed by atoms with Crippen LogP contribution in [0.4, 0.5) is 0 Å². The van der Waals surface area contributed by atoms with Gasteiger partial charge in [-0.2, -0.15) is 5.10 Å². The van der Waals surface area contributed by atoms with Gasteiger partial charge in [0.1, 0.15) is 0 Å². The second kappa shape index (κ2) is 6.96. The maximum absolute atomic E-state index is 11.7. The largest absolute Gasteiger partial charge is 0.460 e. The molecular formula is C13H20N6O2. The lowest BCUT2D eigenvalue weighted by Gasteiger charge is -2.12. The predicted molar refractivity (Wildman–Crippen MR) is 74.7 cm³/mol. The maximum atomic E-state index is 11.7. The third-order valence-corrected chi connectivity index (χ3v) is 3.28. The van der Waals surface area contributed by atoms with Crippen molar-refractivity contribution in [2.24, 2.45) is 0 Å². The minimum Gasteiger partial charge on any atom is -0.460 e. The van der Waals surface area contributed by atoms with Gasteiger partial charge >= 0.3 is 5.97 Å². The van der Waals surface area contributed by atoms with E-state index >= 15 is 0 Å². The summed E-state index contributed by atoms with van der Waals surface area (Å²) in [6.07, 6.45) is 3.99. The van der Waals surface area contributed by atoms with E-state index in [9.17, 15) is 4.79 Å². The Morgan fingerprint density at radius 2 is 2.10 bits per heavy atom. The molecule has 2 heterocycles. The van der Waals surface area contributed by atoms with Crippen molar-refractivity contribution in [1.29, 1.82) is 0 Å². The Hall–Kier alpha value is -2.25. The molecule has 0 aliphatic heterocycles. The summed E-state index contributed by atoms with van der Waals surface area (Å²) >= 11 is 0. The molecule has 2 rings (SSSR count). The summed E-state index contributed by atoms with van der Waals surface area (Å²) in [5, 5.41) is 15.6. The Balaban J connectivity index is 2.12. The van der Waals surface area contributed by atoms with Crippen molar-refractivity contribution in [3.05, 3.63) is 23.8 Å². The van der Waals surface area contributed by atoms with Crippen LogP contribution < -0.4 is 0 Å². The van der Waals surface area contributed by atoms with E-state index in [4.69, 9.17) is 4.74 Å². The van der Waals surface area contributed by atoms with Gasteiger partial charge in [-0.15, -0.1) is 5.10 Å². The molecule has 2 aromatic rings. The number of carbonyl (C=O) groups excluding carboxylic acids is 1. The molecule has 0 aromatic carbocycles. The lowest BCUT2D eigenvalue weighted by Crippen LogP contribution is -2.16. The first kappa shape index (κ1) is 15.1. The van der Waals surface area contributed by atoms with Crippen molar-refractivity contribution in [2.75, 3.05) is 6.61 Å². The van der Waals surface area contributed by atoms with Crippen molar-refractivity contribution >= 4 is 5.97 Å². The van der Waals surface area contributed by atoms with Crippen LogP contribution in [0.5, 0.6) is 0 Å². The van der Waals surface area contributed by atoms with Crippen molar-refractivity contribution in [2.45, 2.75) is 46.2 Å². The first-order chi connectivity index (χ1) is 10.2. The molecule has 0 spiro atoms. The summed E-state index contributed by atoms with van der Waals surface area (Å²) in [7, 11) is 0. The van der Waals surface area contributed by atoms with Crippen LogP contribution in [0, 0.1) is 0 Å². The number of carbonyl (C=O) groups is 1. The summed E-state index contributed by atoms with van der Waals surface area (Å²) in [6, 6.07) is 2.30. The van der Waals surface area contributed by atoms with Gasteiger partial charge in [-0.1, -0.05) is 13.8 Å². The average Bonchev–Trinajstić information content (AvgIpc) is 3.11. The molecule has 0 saturated carbocycles. The number of nitrogens with zero attached hydrogens (tertiary/aromatic N) is 6. The number of rotatable bonds is 7. The Kier molecular flexibility index (Phi) is 5.02. The fourth-order valence-corrected chi connectivity index (χ4v) is 2.13. The van der Waals surface area contributed by atoms with E-state index in [-0.39, 0.29) is 12.4 Å². The SMILES string of the molecule is CCOC(=O)c1nnnn1Cc1ccn(C(CC)CC)n1. The van der Waals surface area contributed by atoms with E-state index in [1.165, 1.54) is 4.68 Å². The molecule has 0 atom stereocenters. The second-order valence-corrected chi connectivity index (χ2v) is 4.64. The molecular weight excluding hydrogens is 272 g/mol.